The molecule has 2 heterocycles. The molecule has 0 saturated heterocycles. The zero-order valence-corrected chi connectivity index (χ0v) is 11.4. The van der Waals surface area contributed by atoms with Gasteiger partial charge in [-0.2, -0.15) is 5.26 Å². The number of aromatic nitrogens is 3. The molecule has 0 unspecified atom stereocenters. The highest BCUT2D eigenvalue weighted by atomic mass is 35.5. The monoisotopic (exact) mass is 304 g/mol. The van der Waals surface area contributed by atoms with Crippen LogP contribution in [-0.2, 0) is 0 Å². The highest BCUT2D eigenvalue weighted by Crippen LogP contribution is 2.28. The van der Waals surface area contributed by atoms with Gasteiger partial charge in [0.05, 0.1) is 12.0 Å². The number of hydrogen-bond acceptors (Lipinski definition) is 4. The first-order valence-electron chi connectivity index (χ1n) is 5.55. The molecule has 3 aromatic rings. The molecule has 3 rings (SSSR count). The summed E-state index contributed by atoms with van der Waals surface area (Å²) in [6, 6.07) is 10.4. The molecule has 0 radical (unpaired) electrons. The normalized spacial score (nSPS) is 10.4. The van der Waals surface area contributed by atoms with E-state index in [1.807, 2.05) is 6.07 Å². The number of nitriles is 1. The van der Waals surface area contributed by atoms with Crippen molar-refractivity contribution in [2.24, 2.45) is 0 Å². The van der Waals surface area contributed by atoms with Gasteiger partial charge in [-0.25, -0.2) is 4.68 Å². The first-order valence-corrected chi connectivity index (χ1v) is 6.31. The minimum atomic E-state index is 0.163. The van der Waals surface area contributed by atoms with Crippen molar-refractivity contribution in [2.75, 3.05) is 0 Å². The molecule has 0 atom stereocenters. The average Bonchev–Trinajstić information content (AvgIpc) is 3.06. The van der Waals surface area contributed by atoms with Gasteiger partial charge in [0.1, 0.15) is 11.8 Å². The Bertz CT molecular complexity index is 782. The lowest BCUT2D eigenvalue weighted by molar-refractivity contribution is 0.576. The number of benzene rings is 1. The van der Waals surface area contributed by atoms with E-state index in [1.54, 1.807) is 30.3 Å². The largest absolute Gasteiger partial charge is 0.463 e. The Morgan fingerprint density at radius 3 is 2.55 bits per heavy atom. The second kappa shape index (κ2) is 5.00. The van der Waals surface area contributed by atoms with E-state index in [2.05, 4.69) is 10.3 Å². The van der Waals surface area contributed by atoms with Crippen LogP contribution in [0.4, 0.5) is 0 Å². The van der Waals surface area contributed by atoms with Gasteiger partial charge in [0.25, 0.3) is 0 Å². The maximum absolute atomic E-state index is 9.13. The molecule has 0 N–H and O–H groups in total. The van der Waals surface area contributed by atoms with Crippen molar-refractivity contribution in [2.45, 2.75) is 0 Å². The Morgan fingerprint density at radius 1 is 1.20 bits per heavy atom. The molecule has 2 aromatic heterocycles. The minimum absolute atomic E-state index is 0.163. The van der Waals surface area contributed by atoms with Crippen LogP contribution in [0.5, 0.6) is 0 Å². The summed E-state index contributed by atoms with van der Waals surface area (Å²) < 4.78 is 6.79. The molecule has 0 bridgehead atoms. The van der Waals surface area contributed by atoms with Gasteiger partial charge in [0.15, 0.2) is 11.5 Å². The zero-order valence-electron chi connectivity index (χ0n) is 9.92. The topological polar surface area (TPSA) is 67.6 Å². The van der Waals surface area contributed by atoms with Crippen molar-refractivity contribution in [1.29, 1.82) is 5.26 Å². The lowest BCUT2D eigenvalue weighted by atomic mass is 10.2. The summed E-state index contributed by atoms with van der Waals surface area (Å²) in [7, 11) is 0. The van der Waals surface area contributed by atoms with Crippen LogP contribution in [0.1, 0.15) is 5.69 Å². The van der Waals surface area contributed by atoms with Gasteiger partial charge >= 0.3 is 0 Å². The Morgan fingerprint density at radius 2 is 1.95 bits per heavy atom. The van der Waals surface area contributed by atoms with Gasteiger partial charge in [0.2, 0.25) is 0 Å². The van der Waals surface area contributed by atoms with Crippen molar-refractivity contribution >= 4 is 23.2 Å². The molecule has 0 aliphatic carbocycles. The van der Waals surface area contributed by atoms with Crippen LogP contribution in [0.15, 0.2) is 41.0 Å². The van der Waals surface area contributed by atoms with E-state index in [1.165, 1.54) is 10.9 Å². The first-order chi connectivity index (χ1) is 9.69. The number of rotatable bonds is 2. The lowest BCUT2D eigenvalue weighted by Gasteiger charge is -2.05. The van der Waals surface area contributed by atoms with E-state index < -0.39 is 0 Å². The van der Waals surface area contributed by atoms with Crippen molar-refractivity contribution in [3.63, 3.8) is 0 Å². The van der Waals surface area contributed by atoms with Crippen LogP contribution in [-0.4, -0.2) is 15.0 Å². The van der Waals surface area contributed by atoms with E-state index in [9.17, 15) is 0 Å². The van der Waals surface area contributed by atoms with Crippen molar-refractivity contribution in [3.05, 3.63) is 52.3 Å². The first kappa shape index (κ1) is 12.7. The highest BCUT2D eigenvalue weighted by Gasteiger charge is 2.18. The number of nitrogens with zero attached hydrogens (tertiary/aromatic N) is 4. The van der Waals surface area contributed by atoms with E-state index in [0.717, 1.165) is 0 Å². The van der Waals surface area contributed by atoms with E-state index >= 15 is 0 Å². The van der Waals surface area contributed by atoms with E-state index in [-0.39, 0.29) is 5.69 Å². The van der Waals surface area contributed by atoms with Gasteiger partial charge in [0, 0.05) is 10.0 Å². The fraction of sp³-hybridized carbons (Fsp3) is 0. The van der Waals surface area contributed by atoms with Crippen molar-refractivity contribution in [1.82, 2.24) is 15.0 Å². The minimum Gasteiger partial charge on any atom is -0.463 e. The summed E-state index contributed by atoms with van der Waals surface area (Å²) >= 11 is 12.0. The summed E-state index contributed by atoms with van der Waals surface area (Å²) in [5.74, 6) is 0.489. The number of furan rings is 1. The molecule has 0 saturated carbocycles. The van der Waals surface area contributed by atoms with Crippen LogP contribution in [0.2, 0.25) is 10.0 Å². The van der Waals surface area contributed by atoms with Gasteiger partial charge in [-0.05, 0) is 30.3 Å². The molecule has 0 aliphatic rings. The Balaban J connectivity index is 2.25. The molecule has 7 heteroatoms. The summed E-state index contributed by atoms with van der Waals surface area (Å²) in [5.41, 5.74) is 1.22. The van der Waals surface area contributed by atoms with Crippen LogP contribution in [0.25, 0.3) is 17.1 Å². The lowest BCUT2D eigenvalue weighted by Crippen LogP contribution is -1.99. The molecule has 5 nitrogen and oxygen atoms in total. The van der Waals surface area contributed by atoms with Gasteiger partial charge in [-0.1, -0.05) is 28.4 Å². The summed E-state index contributed by atoms with van der Waals surface area (Å²) in [4.78, 5) is 0. The molecular weight excluding hydrogens is 299 g/mol. The summed E-state index contributed by atoms with van der Waals surface area (Å²) in [6.07, 6.45) is 1.51. The maximum atomic E-state index is 9.13. The summed E-state index contributed by atoms with van der Waals surface area (Å²) in [5, 5.41) is 17.9. The molecule has 0 fully saturated rings. The molecule has 0 spiro atoms. The van der Waals surface area contributed by atoms with E-state index in [0.29, 0.717) is 27.2 Å². The third-order valence-electron chi connectivity index (χ3n) is 2.62. The summed E-state index contributed by atoms with van der Waals surface area (Å²) in [6.45, 7) is 0. The van der Waals surface area contributed by atoms with Gasteiger partial charge < -0.3 is 4.42 Å². The van der Waals surface area contributed by atoms with E-state index in [4.69, 9.17) is 32.9 Å². The molecule has 20 heavy (non-hydrogen) atoms. The van der Waals surface area contributed by atoms with Crippen LogP contribution in [0, 0.1) is 11.3 Å². The van der Waals surface area contributed by atoms with Crippen LogP contribution >= 0.6 is 23.2 Å². The fourth-order valence-corrected chi connectivity index (χ4v) is 2.35. The second-order valence-electron chi connectivity index (χ2n) is 3.92. The third kappa shape index (κ3) is 2.16. The number of halogens is 2. The fourth-order valence-electron chi connectivity index (χ4n) is 1.83. The van der Waals surface area contributed by atoms with Crippen molar-refractivity contribution in [3.8, 4) is 23.2 Å². The standard InChI is InChI=1S/C13H6Cl2N4O/c14-8-4-9(15)6-10(5-8)19-13(11(7-16)17-18-19)12-2-1-3-20-12/h1-6H. The Labute approximate surface area is 123 Å². The predicted octanol–water partition coefficient (Wildman–Crippen LogP) is 3.71. The Kier molecular flexibility index (Phi) is 3.18. The van der Waals surface area contributed by atoms with Gasteiger partial charge in [-0.15, -0.1) is 5.10 Å². The molecule has 98 valence electrons. The molecular formula is C13H6Cl2N4O. The third-order valence-corrected chi connectivity index (χ3v) is 3.06. The number of hydrogen-bond donors (Lipinski definition) is 0. The van der Waals surface area contributed by atoms with Gasteiger partial charge in [-0.3, -0.25) is 0 Å². The van der Waals surface area contributed by atoms with Crippen LogP contribution in [0.3, 0.4) is 0 Å². The molecule has 0 amide bonds. The van der Waals surface area contributed by atoms with Crippen molar-refractivity contribution < 1.29 is 4.42 Å². The highest BCUT2D eigenvalue weighted by molar-refractivity contribution is 6.34. The second-order valence-corrected chi connectivity index (χ2v) is 4.79. The average molecular weight is 305 g/mol. The molecule has 1 aromatic carbocycles. The quantitative estimate of drug-likeness (QED) is 0.724. The molecule has 0 aliphatic heterocycles. The smallest absolute Gasteiger partial charge is 0.194 e. The van der Waals surface area contributed by atoms with Crippen LogP contribution < -0.4 is 0 Å². The Hall–Kier alpha value is -2.29. The maximum Gasteiger partial charge on any atom is 0.194 e. The SMILES string of the molecule is N#Cc1nnn(-c2cc(Cl)cc(Cl)c2)c1-c1ccco1. The predicted molar refractivity (Wildman–Crippen MR) is 73.8 cm³/mol. The zero-order chi connectivity index (χ0) is 14.1.